The summed E-state index contributed by atoms with van der Waals surface area (Å²) in [5, 5.41) is 4.25. The van der Waals surface area contributed by atoms with Gasteiger partial charge in [-0.2, -0.15) is 0 Å². The Kier molecular flexibility index (Phi) is 4.86. The Bertz CT molecular complexity index is 623. The normalized spacial score (nSPS) is 13.9. The van der Waals surface area contributed by atoms with Gasteiger partial charge in [0.05, 0.1) is 7.11 Å². The molecule has 1 N–H and O–H groups in total. The average molecular weight is 318 g/mol. The van der Waals surface area contributed by atoms with Gasteiger partial charge in [-0.25, -0.2) is 0 Å². The van der Waals surface area contributed by atoms with Crippen molar-refractivity contribution in [3.05, 3.63) is 58.6 Å². The van der Waals surface area contributed by atoms with Crippen molar-refractivity contribution in [1.82, 2.24) is 5.32 Å². The first-order valence-electron chi connectivity index (χ1n) is 7.53. The SMILES string of the molecule is COc1cccc(CNC2CC2)c1OCc1ccc(Cl)cc1. The van der Waals surface area contributed by atoms with Crippen LogP contribution in [0.3, 0.4) is 0 Å². The summed E-state index contributed by atoms with van der Waals surface area (Å²) in [5.41, 5.74) is 2.21. The van der Waals surface area contributed by atoms with E-state index in [0.29, 0.717) is 12.6 Å². The zero-order valence-corrected chi connectivity index (χ0v) is 13.4. The molecule has 116 valence electrons. The standard InChI is InChI=1S/C18H20ClNO2/c1-21-17-4-2-3-14(11-20-16-9-10-16)18(17)22-12-13-5-7-15(19)8-6-13/h2-8,16,20H,9-12H2,1H3. The second kappa shape index (κ2) is 7.03. The van der Waals surface area contributed by atoms with Gasteiger partial charge in [-0.1, -0.05) is 35.9 Å². The number of benzene rings is 2. The van der Waals surface area contributed by atoms with Crippen LogP contribution in [-0.4, -0.2) is 13.2 Å². The van der Waals surface area contributed by atoms with Crippen molar-refractivity contribution in [2.45, 2.75) is 32.0 Å². The highest BCUT2D eigenvalue weighted by molar-refractivity contribution is 6.30. The van der Waals surface area contributed by atoms with Crippen LogP contribution in [0.25, 0.3) is 0 Å². The fourth-order valence-electron chi connectivity index (χ4n) is 2.30. The second-order valence-electron chi connectivity index (χ2n) is 5.52. The molecule has 3 nitrogen and oxygen atoms in total. The molecule has 4 heteroatoms. The van der Waals surface area contributed by atoms with E-state index in [0.717, 1.165) is 34.2 Å². The molecule has 2 aromatic rings. The van der Waals surface area contributed by atoms with E-state index in [4.69, 9.17) is 21.1 Å². The first-order valence-corrected chi connectivity index (χ1v) is 7.90. The minimum absolute atomic E-state index is 0.494. The van der Waals surface area contributed by atoms with E-state index in [1.165, 1.54) is 12.8 Å². The Morgan fingerprint density at radius 1 is 1.14 bits per heavy atom. The number of hydrogen-bond acceptors (Lipinski definition) is 3. The van der Waals surface area contributed by atoms with E-state index < -0.39 is 0 Å². The Morgan fingerprint density at radius 2 is 1.91 bits per heavy atom. The molecule has 1 saturated carbocycles. The fourth-order valence-corrected chi connectivity index (χ4v) is 2.43. The largest absolute Gasteiger partial charge is 0.493 e. The van der Waals surface area contributed by atoms with Gasteiger partial charge in [0.25, 0.3) is 0 Å². The van der Waals surface area contributed by atoms with Crippen molar-refractivity contribution < 1.29 is 9.47 Å². The van der Waals surface area contributed by atoms with Crippen molar-refractivity contribution in [2.75, 3.05) is 7.11 Å². The second-order valence-corrected chi connectivity index (χ2v) is 5.96. The molecule has 1 fully saturated rings. The maximum Gasteiger partial charge on any atom is 0.166 e. The summed E-state index contributed by atoms with van der Waals surface area (Å²) < 4.78 is 11.5. The Labute approximate surface area is 136 Å². The summed E-state index contributed by atoms with van der Waals surface area (Å²) in [5.74, 6) is 1.58. The van der Waals surface area contributed by atoms with Gasteiger partial charge in [0.2, 0.25) is 0 Å². The van der Waals surface area contributed by atoms with Crippen LogP contribution in [-0.2, 0) is 13.2 Å². The molecular formula is C18H20ClNO2. The van der Waals surface area contributed by atoms with Crippen LogP contribution in [0.2, 0.25) is 5.02 Å². The smallest absolute Gasteiger partial charge is 0.166 e. The maximum absolute atomic E-state index is 6.03. The summed E-state index contributed by atoms with van der Waals surface area (Å²) in [6.45, 7) is 1.30. The predicted molar refractivity (Wildman–Crippen MR) is 88.6 cm³/mol. The lowest BCUT2D eigenvalue weighted by Crippen LogP contribution is -2.16. The van der Waals surface area contributed by atoms with E-state index >= 15 is 0 Å². The number of nitrogens with one attached hydrogen (secondary N) is 1. The van der Waals surface area contributed by atoms with Gasteiger partial charge in [0.15, 0.2) is 11.5 Å². The summed E-state index contributed by atoms with van der Waals surface area (Å²) in [6.07, 6.45) is 2.54. The molecule has 0 unspecified atom stereocenters. The molecule has 0 bridgehead atoms. The quantitative estimate of drug-likeness (QED) is 0.831. The monoisotopic (exact) mass is 317 g/mol. The number of para-hydroxylation sites is 1. The van der Waals surface area contributed by atoms with Crippen LogP contribution in [0.5, 0.6) is 11.5 Å². The highest BCUT2D eigenvalue weighted by Gasteiger charge is 2.21. The van der Waals surface area contributed by atoms with Gasteiger partial charge >= 0.3 is 0 Å². The lowest BCUT2D eigenvalue weighted by Gasteiger charge is -2.15. The number of halogens is 1. The van der Waals surface area contributed by atoms with E-state index in [-0.39, 0.29) is 0 Å². The van der Waals surface area contributed by atoms with Crippen LogP contribution in [0.4, 0.5) is 0 Å². The van der Waals surface area contributed by atoms with Gasteiger partial charge in [0, 0.05) is 23.2 Å². The minimum Gasteiger partial charge on any atom is -0.493 e. The van der Waals surface area contributed by atoms with Gasteiger partial charge in [0.1, 0.15) is 6.61 Å². The van der Waals surface area contributed by atoms with Gasteiger partial charge in [-0.15, -0.1) is 0 Å². The molecule has 0 spiro atoms. The van der Waals surface area contributed by atoms with Crippen molar-refractivity contribution >= 4 is 11.6 Å². The molecule has 0 atom stereocenters. The summed E-state index contributed by atoms with van der Waals surface area (Å²) >= 11 is 5.91. The Morgan fingerprint density at radius 3 is 2.59 bits per heavy atom. The topological polar surface area (TPSA) is 30.5 Å². The van der Waals surface area contributed by atoms with Crippen LogP contribution in [0, 0.1) is 0 Å². The van der Waals surface area contributed by atoms with Crippen molar-refractivity contribution in [3.8, 4) is 11.5 Å². The van der Waals surface area contributed by atoms with Gasteiger partial charge < -0.3 is 14.8 Å². The van der Waals surface area contributed by atoms with Crippen molar-refractivity contribution in [1.29, 1.82) is 0 Å². The number of hydrogen-bond donors (Lipinski definition) is 1. The zero-order chi connectivity index (χ0) is 15.4. The molecule has 1 aliphatic rings. The molecule has 3 rings (SSSR count). The minimum atomic E-state index is 0.494. The van der Waals surface area contributed by atoms with Crippen LogP contribution < -0.4 is 14.8 Å². The average Bonchev–Trinajstić information content (AvgIpc) is 3.37. The molecule has 0 saturated heterocycles. The maximum atomic E-state index is 6.03. The highest BCUT2D eigenvalue weighted by Crippen LogP contribution is 2.32. The molecule has 0 radical (unpaired) electrons. The van der Waals surface area contributed by atoms with Gasteiger partial charge in [-0.3, -0.25) is 0 Å². The van der Waals surface area contributed by atoms with Crippen molar-refractivity contribution in [3.63, 3.8) is 0 Å². The van der Waals surface area contributed by atoms with Crippen LogP contribution >= 0.6 is 11.6 Å². The summed E-state index contributed by atoms with van der Waals surface area (Å²) in [4.78, 5) is 0. The third-order valence-corrected chi connectivity index (χ3v) is 3.99. The summed E-state index contributed by atoms with van der Waals surface area (Å²) in [6, 6.07) is 14.4. The van der Waals surface area contributed by atoms with E-state index in [1.807, 2.05) is 36.4 Å². The first kappa shape index (κ1) is 15.2. The number of methoxy groups -OCH3 is 1. The molecular weight excluding hydrogens is 298 g/mol. The van der Waals surface area contributed by atoms with E-state index in [1.54, 1.807) is 7.11 Å². The molecule has 0 amide bonds. The Balaban J connectivity index is 1.72. The highest BCUT2D eigenvalue weighted by atomic mass is 35.5. The van der Waals surface area contributed by atoms with Crippen LogP contribution in [0.1, 0.15) is 24.0 Å². The fraction of sp³-hybridized carbons (Fsp3) is 0.333. The number of rotatable bonds is 7. The lowest BCUT2D eigenvalue weighted by molar-refractivity contribution is 0.280. The van der Waals surface area contributed by atoms with E-state index in [9.17, 15) is 0 Å². The molecule has 0 aliphatic heterocycles. The third-order valence-electron chi connectivity index (χ3n) is 3.74. The first-order chi connectivity index (χ1) is 10.8. The summed E-state index contributed by atoms with van der Waals surface area (Å²) in [7, 11) is 1.67. The number of ether oxygens (including phenoxy) is 2. The predicted octanol–water partition coefficient (Wildman–Crippen LogP) is 4.18. The zero-order valence-electron chi connectivity index (χ0n) is 12.6. The molecule has 0 heterocycles. The lowest BCUT2D eigenvalue weighted by atomic mass is 10.1. The van der Waals surface area contributed by atoms with Gasteiger partial charge in [-0.05, 0) is 36.6 Å². The molecule has 1 aliphatic carbocycles. The molecule has 2 aromatic carbocycles. The molecule has 0 aromatic heterocycles. The third kappa shape index (κ3) is 3.93. The molecule has 22 heavy (non-hydrogen) atoms. The van der Waals surface area contributed by atoms with E-state index in [2.05, 4.69) is 11.4 Å². The van der Waals surface area contributed by atoms with Crippen LogP contribution in [0.15, 0.2) is 42.5 Å². The Hall–Kier alpha value is -1.71. The van der Waals surface area contributed by atoms with Crippen molar-refractivity contribution in [2.24, 2.45) is 0 Å².